The fraction of sp³-hybridized carbons (Fsp3) is 0.200. The molecule has 2 N–H and O–H groups in total. The number of anilines is 1. The third kappa shape index (κ3) is 5.17. The Labute approximate surface area is 110 Å². The molecule has 0 saturated heterocycles. The van der Waals surface area contributed by atoms with Crippen molar-refractivity contribution in [3.05, 3.63) is 29.8 Å². The molecule has 0 bridgehead atoms. The minimum atomic E-state index is -2.80. The number of rotatable bonds is 4. The molecule has 0 fully saturated rings. The van der Waals surface area contributed by atoms with Gasteiger partial charge in [0, 0.05) is 0 Å². The molecule has 2 amide bonds. The number of hydrogen-bond donors (Lipinski definition) is 2. The van der Waals surface area contributed by atoms with Crippen molar-refractivity contribution >= 4 is 28.2 Å². The molecule has 9 heteroatoms. The summed E-state index contributed by atoms with van der Waals surface area (Å²) in [7, 11) is -2.80. The second kappa shape index (κ2) is 7.11. The van der Waals surface area contributed by atoms with Crippen LogP contribution in [0.3, 0.4) is 0 Å². The predicted octanol–water partition coefficient (Wildman–Crippen LogP) is 0.962. The molecule has 0 saturated carbocycles. The topological polar surface area (TPSA) is 114 Å². The lowest BCUT2D eigenvalue weighted by Gasteiger charge is -2.06. The first-order valence-electron chi connectivity index (χ1n) is 5.17. The van der Waals surface area contributed by atoms with Crippen molar-refractivity contribution in [2.45, 2.75) is 6.92 Å². The van der Waals surface area contributed by atoms with Gasteiger partial charge in [-0.05, 0) is 31.2 Å². The number of nitrogens with zero attached hydrogens (tertiary/aromatic N) is 1. The molecule has 0 unspecified atom stereocenters. The third-order valence-electron chi connectivity index (χ3n) is 1.87. The second-order valence-corrected chi connectivity index (χ2v) is 3.78. The van der Waals surface area contributed by atoms with Crippen LogP contribution in [0.1, 0.15) is 17.3 Å². The Kier molecular flexibility index (Phi) is 5.48. The minimum Gasteiger partial charge on any atom is -0.462 e. The van der Waals surface area contributed by atoms with Gasteiger partial charge >= 0.3 is 22.5 Å². The number of ether oxygens (including phenoxy) is 1. The maximum Gasteiger partial charge on any atom is 0.374 e. The summed E-state index contributed by atoms with van der Waals surface area (Å²) in [6.07, 6.45) is 0. The van der Waals surface area contributed by atoms with Crippen LogP contribution in [0.4, 0.5) is 10.5 Å². The van der Waals surface area contributed by atoms with E-state index in [2.05, 4.69) is 9.79 Å². The first-order valence-corrected chi connectivity index (χ1v) is 6.20. The van der Waals surface area contributed by atoms with E-state index in [1.54, 1.807) is 6.92 Å². The SMILES string of the molecule is CCOC(=O)c1ccc(NNC(=O)N=S(=O)=O)cc1. The number of amides is 2. The number of carbonyl (C=O) groups excluding carboxylic acids is 2. The quantitative estimate of drug-likeness (QED) is 0.629. The lowest BCUT2D eigenvalue weighted by atomic mass is 10.2. The lowest BCUT2D eigenvalue weighted by Crippen LogP contribution is -2.26. The Bertz CT molecular complexity index is 586. The van der Waals surface area contributed by atoms with E-state index < -0.39 is 22.5 Å². The summed E-state index contributed by atoms with van der Waals surface area (Å²) in [6.45, 7) is 1.98. The minimum absolute atomic E-state index is 0.280. The molecule has 0 aliphatic carbocycles. The number of benzene rings is 1. The fourth-order valence-electron chi connectivity index (χ4n) is 1.12. The Morgan fingerprint density at radius 3 is 2.42 bits per heavy atom. The molecule has 0 spiro atoms. The number of esters is 1. The van der Waals surface area contributed by atoms with E-state index in [1.807, 2.05) is 5.43 Å². The zero-order valence-electron chi connectivity index (χ0n) is 9.91. The van der Waals surface area contributed by atoms with Crippen LogP contribution >= 0.6 is 0 Å². The molecule has 0 aliphatic heterocycles. The van der Waals surface area contributed by atoms with Gasteiger partial charge in [0.1, 0.15) is 0 Å². The van der Waals surface area contributed by atoms with Gasteiger partial charge in [-0.15, -0.1) is 0 Å². The van der Waals surface area contributed by atoms with Gasteiger partial charge in [0.05, 0.1) is 17.9 Å². The first-order chi connectivity index (χ1) is 9.02. The van der Waals surface area contributed by atoms with E-state index >= 15 is 0 Å². The van der Waals surface area contributed by atoms with Crippen molar-refractivity contribution in [1.29, 1.82) is 0 Å². The lowest BCUT2D eigenvalue weighted by molar-refractivity contribution is 0.0526. The number of carbonyl (C=O) groups is 2. The number of urea groups is 1. The summed E-state index contributed by atoms with van der Waals surface area (Å²) in [4.78, 5) is 22.2. The molecule has 1 rings (SSSR count). The van der Waals surface area contributed by atoms with Crippen molar-refractivity contribution in [1.82, 2.24) is 5.43 Å². The summed E-state index contributed by atoms with van der Waals surface area (Å²) in [5, 5.41) is 0. The highest BCUT2D eigenvalue weighted by Crippen LogP contribution is 2.09. The van der Waals surface area contributed by atoms with Crippen molar-refractivity contribution in [2.75, 3.05) is 12.0 Å². The Morgan fingerprint density at radius 2 is 1.89 bits per heavy atom. The molecule has 1 aromatic carbocycles. The van der Waals surface area contributed by atoms with Crippen LogP contribution in [0.25, 0.3) is 0 Å². The standard InChI is InChI=1S/C10H11N3O5S/c1-2-18-9(14)7-3-5-8(6-4-7)11-12-10(15)13-19(16)17/h3-6,11H,2H2,1H3,(H,12,15). The molecule has 0 aromatic heterocycles. The van der Waals surface area contributed by atoms with Gasteiger partial charge < -0.3 is 4.74 Å². The van der Waals surface area contributed by atoms with E-state index in [4.69, 9.17) is 4.74 Å². The zero-order valence-corrected chi connectivity index (χ0v) is 10.7. The average Bonchev–Trinajstić information content (AvgIpc) is 2.36. The summed E-state index contributed by atoms with van der Waals surface area (Å²) < 4.78 is 27.7. The maximum absolute atomic E-state index is 11.3. The van der Waals surface area contributed by atoms with Gasteiger partial charge in [-0.3, -0.25) is 5.43 Å². The van der Waals surface area contributed by atoms with Gasteiger partial charge in [0.15, 0.2) is 0 Å². The monoisotopic (exact) mass is 285 g/mol. The Morgan fingerprint density at radius 1 is 1.26 bits per heavy atom. The van der Waals surface area contributed by atoms with Crippen LogP contribution in [0.15, 0.2) is 28.6 Å². The normalized spacial score (nSPS) is 9.32. The molecule has 0 atom stereocenters. The third-order valence-corrected chi connectivity index (χ3v) is 2.18. The van der Waals surface area contributed by atoms with Gasteiger partial charge in [-0.1, -0.05) is 4.36 Å². The van der Waals surface area contributed by atoms with Gasteiger partial charge in [-0.25, -0.2) is 15.0 Å². The molecule has 19 heavy (non-hydrogen) atoms. The van der Waals surface area contributed by atoms with Crippen LogP contribution < -0.4 is 10.9 Å². The summed E-state index contributed by atoms with van der Waals surface area (Å²) in [5.74, 6) is -0.449. The molecule has 0 radical (unpaired) electrons. The van der Waals surface area contributed by atoms with Crippen LogP contribution in [0.5, 0.6) is 0 Å². The zero-order chi connectivity index (χ0) is 14.3. The average molecular weight is 285 g/mol. The Balaban J connectivity index is 2.60. The highest BCUT2D eigenvalue weighted by atomic mass is 32.2. The largest absolute Gasteiger partial charge is 0.462 e. The molecular weight excluding hydrogens is 274 g/mol. The first kappa shape index (κ1) is 14.6. The van der Waals surface area contributed by atoms with Gasteiger partial charge in [0.25, 0.3) is 0 Å². The second-order valence-electron chi connectivity index (χ2n) is 3.16. The molecule has 0 aliphatic rings. The maximum atomic E-state index is 11.3. The van der Waals surface area contributed by atoms with E-state index in [9.17, 15) is 18.0 Å². The van der Waals surface area contributed by atoms with Crippen LogP contribution in [-0.2, 0) is 15.2 Å². The van der Waals surface area contributed by atoms with E-state index in [1.165, 1.54) is 24.3 Å². The molecule has 0 heterocycles. The molecule has 1 aromatic rings. The van der Waals surface area contributed by atoms with Crippen molar-refractivity contribution in [3.63, 3.8) is 0 Å². The van der Waals surface area contributed by atoms with Crippen LogP contribution in [0.2, 0.25) is 0 Å². The number of hydrogen-bond acceptors (Lipinski definition) is 6. The number of nitrogens with one attached hydrogen (secondary N) is 2. The molecular formula is C10H11N3O5S. The van der Waals surface area contributed by atoms with Crippen LogP contribution in [0, 0.1) is 0 Å². The highest BCUT2D eigenvalue weighted by molar-refractivity contribution is 7.62. The fourth-order valence-corrected chi connectivity index (χ4v) is 1.30. The smallest absolute Gasteiger partial charge is 0.374 e. The molecule has 102 valence electrons. The van der Waals surface area contributed by atoms with E-state index in [-0.39, 0.29) is 6.61 Å². The Hall–Kier alpha value is -2.42. The van der Waals surface area contributed by atoms with E-state index in [0.717, 1.165) is 0 Å². The van der Waals surface area contributed by atoms with Crippen molar-refractivity contribution < 1.29 is 22.7 Å². The van der Waals surface area contributed by atoms with E-state index in [0.29, 0.717) is 11.3 Å². The van der Waals surface area contributed by atoms with Gasteiger partial charge in [0.2, 0.25) is 0 Å². The predicted molar refractivity (Wildman–Crippen MR) is 65.9 cm³/mol. The van der Waals surface area contributed by atoms with Crippen molar-refractivity contribution in [2.24, 2.45) is 4.36 Å². The summed E-state index contributed by atoms with van der Waals surface area (Å²) >= 11 is 0. The summed E-state index contributed by atoms with van der Waals surface area (Å²) in [6, 6.07) is 4.97. The molecule has 8 nitrogen and oxygen atoms in total. The van der Waals surface area contributed by atoms with Gasteiger partial charge in [-0.2, -0.15) is 8.42 Å². The highest BCUT2D eigenvalue weighted by Gasteiger charge is 2.05. The number of hydrazine groups is 1. The summed E-state index contributed by atoms with van der Waals surface area (Å²) in [5.41, 5.74) is 5.29. The van der Waals surface area contributed by atoms with Crippen molar-refractivity contribution in [3.8, 4) is 0 Å². The van der Waals surface area contributed by atoms with Crippen LogP contribution in [-0.4, -0.2) is 27.0 Å².